The molecule has 0 saturated carbocycles. The van der Waals surface area contributed by atoms with Gasteiger partial charge in [-0.25, -0.2) is 0 Å². The smallest absolute Gasteiger partial charge is 0.0476 e. The highest BCUT2D eigenvalue weighted by atomic mass is 15.2. The summed E-state index contributed by atoms with van der Waals surface area (Å²) in [5, 5.41) is 0. The molecule has 1 N–H and O–H groups in total. The first-order valence-electron chi connectivity index (χ1n) is 4.88. The summed E-state index contributed by atoms with van der Waals surface area (Å²) in [5.41, 5.74) is 1.23. The summed E-state index contributed by atoms with van der Waals surface area (Å²) < 4.78 is 0. The van der Waals surface area contributed by atoms with Crippen molar-refractivity contribution in [3.05, 3.63) is 49.3 Å². The minimum absolute atomic E-state index is 0.376. The van der Waals surface area contributed by atoms with E-state index >= 15 is 0 Å². The van der Waals surface area contributed by atoms with Crippen LogP contribution in [-0.4, -0.2) is 23.0 Å². The van der Waals surface area contributed by atoms with Gasteiger partial charge in [0, 0.05) is 31.0 Å². The molecular formula is C12H18N2. The van der Waals surface area contributed by atoms with Gasteiger partial charge in [-0.05, 0) is 19.1 Å². The molecule has 14 heavy (non-hydrogen) atoms. The van der Waals surface area contributed by atoms with E-state index in [1.807, 2.05) is 24.4 Å². The fourth-order valence-corrected chi connectivity index (χ4v) is 1.52. The van der Waals surface area contributed by atoms with Crippen molar-refractivity contribution in [2.75, 3.05) is 13.1 Å². The van der Waals surface area contributed by atoms with E-state index < -0.39 is 0 Å². The van der Waals surface area contributed by atoms with Crippen LogP contribution < -0.4 is 0 Å². The molecular weight excluding hydrogens is 172 g/mol. The summed E-state index contributed by atoms with van der Waals surface area (Å²) in [7, 11) is 0. The molecule has 76 valence electrons. The molecule has 0 bridgehead atoms. The molecule has 1 unspecified atom stereocenters. The van der Waals surface area contributed by atoms with Crippen LogP contribution in [-0.2, 0) is 0 Å². The third-order valence-corrected chi connectivity index (χ3v) is 2.35. The average molecular weight is 190 g/mol. The van der Waals surface area contributed by atoms with Crippen LogP contribution in [0.15, 0.2) is 43.6 Å². The van der Waals surface area contributed by atoms with Crippen molar-refractivity contribution in [1.29, 1.82) is 0 Å². The van der Waals surface area contributed by atoms with Crippen molar-refractivity contribution in [2.45, 2.75) is 13.0 Å². The average Bonchev–Trinajstić information content (AvgIpc) is 2.69. The number of nitrogens with one attached hydrogen (secondary N) is 1. The molecule has 1 atom stereocenters. The Morgan fingerprint density at radius 1 is 1.43 bits per heavy atom. The van der Waals surface area contributed by atoms with Crippen LogP contribution in [0.2, 0.25) is 0 Å². The molecule has 0 aromatic carbocycles. The monoisotopic (exact) mass is 190 g/mol. The second kappa shape index (κ2) is 5.45. The predicted octanol–water partition coefficient (Wildman–Crippen LogP) is 2.75. The van der Waals surface area contributed by atoms with Gasteiger partial charge < -0.3 is 4.98 Å². The molecule has 1 heterocycles. The lowest BCUT2D eigenvalue weighted by Gasteiger charge is -2.25. The molecule has 0 spiro atoms. The van der Waals surface area contributed by atoms with E-state index in [1.54, 1.807) is 0 Å². The Bertz CT molecular complexity index is 265. The van der Waals surface area contributed by atoms with Crippen LogP contribution in [0.25, 0.3) is 0 Å². The van der Waals surface area contributed by atoms with Gasteiger partial charge in [0.15, 0.2) is 0 Å². The fourth-order valence-electron chi connectivity index (χ4n) is 1.52. The van der Waals surface area contributed by atoms with Crippen LogP contribution in [0.5, 0.6) is 0 Å². The van der Waals surface area contributed by atoms with Gasteiger partial charge in [-0.1, -0.05) is 12.2 Å². The lowest BCUT2D eigenvalue weighted by molar-refractivity contribution is 0.256. The normalized spacial score (nSPS) is 12.7. The maximum absolute atomic E-state index is 3.76. The zero-order valence-corrected chi connectivity index (χ0v) is 8.74. The van der Waals surface area contributed by atoms with Crippen molar-refractivity contribution in [2.24, 2.45) is 0 Å². The van der Waals surface area contributed by atoms with Gasteiger partial charge in [-0.15, -0.1) is 13.2 Å². The Labute approximate surface area is 85.9 Å². The highest BCUT2D eigenvalue weighted by Gasteiger charge is 2.13. The van der Waals surface area contributed by atoms with Gasteiger partial charge >= 0.3 is 0 Å². The van der Waals surface area contributed by atoms with E-state index in [2.05, 4.69) is 36.0 Å². The molecule has 1 aromatic rings. The van der Waals surface area contributed by atoms with Gasteiger partial charge in [-0.3, -0.25) is 4.90 Å². The first kappa shape index (κ1) is 10.8. The highest BCUT2D eigenvalue weighted by Crippen LogP contribution is 2.17. The Morgan fingerprint density at radius 3 is 2.50 bits per heavy atom. The molecule has 0 aliphatic rings. The van der Waals surface area contributed by atoms with Crippen molar-refractivity contribution in [1.82, 2.24) is 9.88 Å². The number of hydrogen-bond acceptors (Lipinski definition) is 1. The van der Waals surface area contributed by atoms with Crippen molar-refractivity contribution in [3.8, 4) is 0 Å². The fraction of sp³-hybridized carbons (Fsp3) is 0.333. The lowest BCUT2D eigenvalue weighted by Crippen LogP contribution is -2.27. The lowest BCUT2D eigenvalue weighted by atomic mass is 10.2. The standard InChI is InChI=1S/C12H18N2/c1-4-9-14(10-5-2)11(3)12-7-6-8-13-12/h4-8,11,13H,1-2,9-10H2,3H3. The van der Waals surface area contributed by atoms with Crippen LogP contribution in [0.1, 0.15) is 18.7 Å². The largest absolute Gasteiger partial charge is 0.364 e. The Morgan fingerprint density at radius 2 is 2.07 bits per heavy atom. The van der Waals surface area contributed by atoms with E-state index in [0.717, 1.165) is 13.1 Å². The van der Waals surface area contributed by atoms with Gasteiger partial charge in [-0.2, -0.15) is 0 Å². The third kappa shape index (κ3) is 2.60. The third-order valence-electron chi connectivity index (χ3n) is 2.35. The topological polar surface area (TPSA) is 19.0 Å². The number of nitrogens with zero attached hydrogens (tertiary/aromatic N) is 1. The second-order valence-electron chi connectivity index (χ2n) is 3.33. The molecule has 0 aliphatic heterocycles. The van der Waals surface area contributed by atoms with Gasteiger partial charge in [0.05, 0.1) is 0 Å². The zero-order chi connectivity index (χ0) is 10.4. The molecule has 0 radical (unpaired) electrons. The maximum Gasteiger partial charge on any atom is 0.0476 e. The Hall–Kier alpha value is -1.28. The highest BCUT2D eigenvalue weighted by molar-refractivity contribution is 5.09. The van der Waals surface area contributed by atoms with Crippen LogP contribution in [0.3, 0.4) is 0 Å². The van der Waals surface area contributed by atoms with Gasteiger partial charge in [0.25, 0.3) is 0 Å². The summed E-state index contributed by atoms with van der Waals surface area (Å²) in [6.45, 7) is 11.5. The molecule has 0 amide bonds. The first-order chi connectivity index (χ1) is 6.79. The number of H-pyrrole nitrogens is 1. The SMILES string of the molecule is C=CCN(CC=C)C(C)c1ccc[nH]1. The summed E-state index contributed by atoms with van der Waals surface area (Å²) in [5.74, 6) is 0. The number of rotatable bonds is 6. The summed E-state index contributed by atoms with van der Waals surface area (Å²) in [6.07, 6.45) is 5.79. The van der Waals surface area contributed by atoms with Crippen molar-refractivity contribution >= 4 is 0 Å². The molecule has 0 fully saturated rings. The Balaban J connectivity index is 2.67. The van der Waals surface area contributed by atoms with Gasteiger partial charge in [0.2, 0.25) is 0 Å². The second-order valence-corrected chi connectivity index (χ2v) is 3.33. The molecule has 2 heteroatoms. The molecule has 0 saturated heterocycles. The van der Waals surface area contributed by atoms with E-state index in [0.29, 0.717) is 6.04 Å². The van der Waals surface area contributed by atoms with E-state index in [-0.39, 0.29) is 0 Å². The number of hydrogen-bond donors (Lipinski definition) is 1. The molecule has 1 aromatic heterocycles. The minimum atomic E-state index is 0.376. The molecule has 2 nitrogen and oxygen atoms in total. The van der Waals surface area contributed by atoms with Crippen LogP contribution >= 0.6 is 0 Å². The molecule has 0 aliphatic carbocycles. The van der Waals surface area contributed by atoms with E-state index in [4.69, 9.17) is 0 Å². The number of aromatic amines is 1. The van der Waals surface area contributed by atoms with Crippen LogP contribution in [0.4, 0.5) is 0 Å². The maximum atomic E-state index is 3.76. The first-order valence-corrected chi connectivity index (χ1v) is 4.88. The van der Waals surface area contributed by atoms with E-state index in [9.17, 15) is 0 Å². The Kier molecular flexibility index (Phi) is 4.20. The van der Waals surface area contributed by atoms with Crippen molar-refractivity contribution < 1.29 is 0 Å². The quantitative estimate of drug-likeness (QED) is 0.683. The predicted molar refractivity (Wildman–Crippen MR) is 61.2 cm³/mol. The number of aromatic nitrogens is 1. The zero-order valence-electron chi connectivity index (χ0n) is 8.74. The van der Waals surface area contributed by atoms with Crippen molar-refractivity contribution in [3.63, 3.8) is 0 Å². The minimum Gasteiger partial charge on any atom is -0.364 e. The van der Waals surface area contributed by atoms with Crippen LogP contribution in [0, 0.1) is 0 Å². The summed E-state index contributed by atoms with van der Waals surface area (Å²) in [6, 6.07) is 4.50. The summed E-state index contributed by atoms with van der Waals surface area (Å²) >= 11 is 0. The summed E-state index contributed by atoms with van der Waals surface area (Å²) in [4.78, 5) is 5.52. The molecule has 1 rings (SSSR count). The van der Waals surface area contributed by atoms with E-state index in [1.165, 1.54) is 5.69 Å². The van der Waals surface area contributed by atoms with Gasteiger partial charge in [0.1, 0.15) is 0 Å².